The number of para-hydroxylation sites is 1. The van der Waals surface area contributed by atoms with Gasteiger partial charge >= 0.3 is 0 Å². The third-order valence-electron chi connectivity index (χ3n) is 4.93. The van der Waals surface area contributed by atoms with Crippen molar-refractivity contribution in [2.24, 2.45) is 0 Å². The molecule has 0 N–H and O–H groups in total. The molecule has 5 heteroatoms. The van der Waals surface area contributed by atoms with E-state index in [1.165, 1.54) is 10.9 Å². The summed E-state index contributed by atoms with van der Waals surface area (Å²) in [5, 5.41) is 2.35. The van der Waals surface area contributed by atoms with Gasteiger partial charge in [-0.05, 0) is 35.6 Å². The molecule has 0 aliphatic carbocycles. The van der Waals surface area contributed by atoms with Crippen LogP contribution in [0.5, 0.6) is 0 Å². The summed E-state index contributed by atoms with van der Waals surface area (Å²) in [5.74, 6) is 1.13. The third-order valence-corrected chi connectivity index (χ3v) is 6.59. The van der Waals surface area contributed by atoms with Crippen molar-refractivity contribution in [3.8, 4) is 0 Å². The monoisotopic (exact) mass is 384 g/mol. The minimum atomic E-state index is 0.187. The molecule has 2 heterocycles. The zero-order chi connectivity index (χ0) is 17.9. The maximum absolute atomic E-state index is 12.8. The fraction of sp³-hybridized carbons (Fsp3) is 0.286. The average molecular weight is 385 g/mol. The fourth-order valence-corrected chi connectivity index (χ4v) is 5.13. The number of halogens is 1. The first-order valence-corrected chi connectivity index (χ1v) is 10.3. The number of aromatic nitrogens is 1. The Balaban J connectivity index is 1.44. The lowest BCUT2D eigenvalue weighted by Crippen LogP contribution is -2.35. The second-order valence-electron chi connectivity index (χ2n) is 6.55. The van der Waals surface area contributed by atoms with E-state index in [4.69, 9.17) is 11.6 Å². The zero-order valence-electron chi connectivity index (χ0n) is 14.5. The van der Waals surface area contributed by atoms with Gasteiger partial charge in [-0.1, -0.05) is 48.0 Å². The molecule has 0 spiro atoms. The number of carbonyl (C=O) groups is 1. The van der Waals surface area contributed by atoms with Gasteiger partial charge in [0.1, 0.15) is 6.54 Å². The number of hydrogen-bond acceptors (Lipinski definition) is 2. The Labute approximate surface area is 162 Å². The van der Waals surface area contributed by atoms with Crippen LogP contribution in [0.4, 0.5) is 0 Å². The Bertz CT molecular complexity index is 923. The maximum atomic E-state index is 12.8. The molecule has 0 saturated carbocycles. The molecule has 1 aromatic heterocycles. The van der Waals surface area contributed by atoms with E-state index in [9.17, 15) is 4.79 Å². The maximum Gasteiger partial charge on any atom is 0.242 e. The lowest BCUT2D eigenvalue weighted by atomic mass is 10.1. The summed E-state index contributed by atoms with van der Waals surface area (Å²) in [5.41, 5.74) is 2.30. The van der Waals surface area contributed by atoms with Crippen molar-refractivity contribution in [1.29, 1.82) is 0 Å². The standard InChI is InChI=1S/C21H21ClN2OS/c22-18-7-3-2-6-17(18)20-10-12-23(13-14-26-20)21(25)15-24-11-9-16-5-1-4-8-19(16)24/h1-9,11,20H,10,12-15H2. The van der Waals surface area contributed by atoms with Crippen LogP contribution in [0.2, 0.25) is 5.02 Å². The van der Waals surface area contributed by atoms with E-state index in [-0.39, 0.29) is 5.91 Å². The lowest BCUT2D eigenvalue weighted by molar-refractivity contribution is -0.131. The Morgan fingerprint density at radius 3 is 2.77 bits per heavy atom. The van der Waals surface area contributed by atoms with Crippen LogP contribution in [-0.2, 0) is 11.3 Å². The minimum absolute atomic E-state index is 0.187. The predicted molar refractivity (Wildman–Crippen MR) is 110 cm³/mol. The van der Waals surface area contributed by atoms with Crippen molar-refractivity contribution in [2.75, 3.05) is 18.8 Å². The van der Waals surface area contributed by atoms with Crippen LogP contribution in [0, 0.1) is 0 Å². The van der Waals surface area contributed by atoms with Gasteiger partial charge in [0, 0.05) is 40.8 Å². The summed E-state index contributed by atoms with van der Waals surface area (Å²) in [7, 11) is 0. The molecule has 1 fully saturated rings. The summed E-state index contributed by atoms with van der Waals surface area (Å²) in [6, 6.07) is 18.3. The van der Waals surface area contributed by atoms with Crippen LogP contribution in [-0.4, -0.2) is 34.2 Å². The van der Waals surface area contributed by atoms with Gasteiger partial charge in [0.05, 0.1) is 0 Å². The first kappa shape index (κ1) is 17.5. The molecule has 3 nitrogen and oxygen atoms in total. The second-order valence-corrected chi connectivity index (χ2v) is 8.27. The number of fused-ring (bicyclic) bond motifs is 1. The summed E-state index contributed by atoms with van der Waals surface area (Å²) < 4.78 is 2.04. The van der Waals surface area contributed by atoms with Crippen LogP contribution in [0.1, 0.15) is 17.2 Å². The summed E-state index contributed by atoms with van der Waals surface area (Å²) >= 11 is 8.26. The molecule has 1 saturated heterocycles. The molecular formula is C21H21ClN2OS. The highest BCUT2D eigenvalue weighted by Crippen LogP contribution is 2.37. The van der Waals surface area contributed by atoms with Crippen LogP contribution in [0.3, 0.4) is 0 Å². The Morgan fingerprint density at radius 2 is 1.88 bits per heavy atom. The summed E-state index contributed by atoms with van der Waals surface area (Å²) in [6.45, 7) is 1.97. The number of rotatable bonds is 3. The molecule has 1 aliphatic rings. The van der Waals surface area contributed by atoms with E-state index in [1.807, 2.05) is 57.8 Å². The smallest absolute Gasteiger partial charge is 0.242 e. The van der Waals surface area contributed by atoms with Gasteiger partial charge in [0.25, 0.3) is 0 Å². The Morgan fingerprint density at radius 1 is 1.08 bits per heavy atom. The van der Waals surface area contributed by atoms with Crippen molar-refractivity contribution in [3.05, 3.63) is 71.4 Å². The second kappa shape index (κ2) is 7.77. The van der Waals surface area contributed by atoms with Gasteiger partial charge in [0.2, 0.25) is 5.91 Å². The Hall–Kier alpha value is -1.91. The predicted octanol–water partition coefficient (Wildman–Crippen LogP) is 5.00. The van der Waals surface area contributed by atoms with Crippen molar-refractivity contribution in [1.82, 2.24) is 9.47 Å². The van der Waals surface area contributed by atoms with E-state index in [0.717, 1.165) is 35.8 Å². The zero-order valence-corrected chi connectivity index (χ0v) is 16.0. The highest BCUT2D eigenvalue weighted by Gasteiger charge is 2.23. The average Bonchev–Trinajstić information content (AvgIpc) is 2.90. The number of benzene rings is 2. The van der Waals surface area contributed by atoms with Crippen molar-refractivity contribution < 1.29 is 4.79 Å². The van der Waals surface area contributed by atoms with E-state index >= 15 is 0 Å². The number of carbonyl (C=O) groups excluding carboxylic acids is 1. The number of nitrogens with zero attached hydrogens (tertiary/aromatic N) is 2. The van der Waals surface area contributed by atoms with Gasteiger partial charge in [-0.25, -0.2) is 0 Å². The molecule has 2 aromatic carbocycles. The van der Waals surface area contributed by atoms with E-state index in [1.54, 1.807) is 0 Å². The number of amides is 1. The first-order valence-electron chi connectivity index (χ1n) is 8.90. The largest absolute Gasteiger partial charge is 0.340 e. The van der Waals surface area contributed by atoms with E-state index in [0.29, 0.717) is 11.8 Å². The molecule has 0 bridgehead atoms. The third kappa shape index (κ3) is 3.62. The van der Waals surface area contributed by atoms with Gasteiger partial charge in [-0.2, -0.15) is 11.8 Å². The van der Waals surface area contributed by atoms with Crippen LogP contribution in [0.15, 0.2) is 60.8 Å². The van der Waals surface area contributed by atoms with Gasteiger partial charge in [-0.15, -0.1) is 0 Å². The molecule has 0 radical (unpaired) electrons. The van der Waals surface area contributed by atoms with Gasteiger partial charge in [0.15, 0.2) is 0 Å². The van der Waals surface area contributed by atoms with Crippen LogP contribution in [0.25, 0.3) is 10.9 Å². The molecule has 134 valence electrons. The number of hydrogen-bond donors (Lipinski definition) is 0. The minimum Gasteiger partial charge on any atom is -0.340 e. The molecule has 4 rings (SSSR count). The lowest BCUT2D eigenvalue weighted by Gasteiger charge is -2.21. The SMILES string of the molecule is O=C(Cn1ccc2ccccc21)N1CCSC(c2ccccc2Cl)CC1. The molecule has 1 aliphatic heterocycles. The van der Waals surface area contributed by atoms with Gasteiger partial charge < -0.3 is 9.47 Å². The van der Waals surface area contributed by atoms with Crippen molar-refractivity contribution in [3.63, 3.8) is 0 Å². The number of thioether (sulfide) groups is 1. The highest BCUT2D eigenvalue weighted by molar-refractivity contribution is 7.99. The first-order chi connectivity index (χ1) is 12.7. The molecule has 26 heavy (non-hydrogen) atoms. The van der Waals surface area contributed by atoms with Gasteiger partial charge in [-0.3, -0.25) is 4.79 Å². The normalized spacial score (nSPS) is 18.0. The molecule has 3 aromatic rings. The van der Waals surface area contributed by atoms with Crippen molar-refractivity contribution in [2.45, 2.75) is 18.2 Å². The van der Waals surface area contributed by atoms with Crippen LogP contribution < -0.4 is 0 Å². The topological polar surface area (TPSA) is 25.2 Å². The molecule has 1 atom stereocenters. The van der Waals surface area contributed by atoms with Crippen LogP contribution >= 0.6 is 23.4 Å². The summed E-state index contributed by atoms with van der Waals surface area (Å²) in [6.07, 6.45) is 2.94. The fourth-order valence-electron chi connectivity index (χ4n) is 3.53. The molecule has 1 unspecified atom stereocenters. The quantitative estimate of drug-likeness (QED) is 0.634. The molecule has 1 amide bonds. The summed E-state index contributed by atoms with van der Waals surface area (Å²) in [4.78, 5) is 14.8. The van der Waals surface area contributed by atoms with E-state index < -0.39 is 0 Å². The molecular weight excluding hydrogens is 364 g/mol. The van der Waals surface area contributed by atoms with Crippen molar-refractivity contribution >= 4 is 40.2 Å². The van der Waals surface area contributed by atoms with E-state index in [2.05, 4.69) is 24.3 Å². The highest BCUT2D eigenvalue weighted by atomic mass is 35.5. The Kier molecular flexibility index (Phi) is 5.23.